The van der Waals surface area contributed by atoms with Gasteiger partial charge in [0.05, 0.1) is 31.1 Å². The van der Waals surface area contributed by atoms with Gasteiger partial charge in [-0.1, -0.05) is 0 Å². The number of carbonyl (C=O) groups excluding carboxylic acids is 1. The summed E-state index contributed by atoms with van der Waals surface area (Å²) in [4.78, 5) is 18.6. The lowest BCUT2D eigenvalue weighted by Crippen LogP contribution is -2.50. The van der Waals surface area contributed by atoms with E-state index in [1.807, 2.05) is 30.4 Å². The van der Waals surface area contributed by atoms with E-state index in [2.05, 4.69) is 9.55 Å². The lowest BCUT2D eigenvalue weighted by molar-refractivity contribution is -0.0454. The van der Waals surface area contributed by atoms with Crippen molar-refractivity contribution in [1.29, 1.82) is 0 Å². The van der Waals surface area contributed by atoms with Crippen molar-refractivity contribution in [2.45, 2.75) is 37.8 Å². The van der Waals surface area contributed by atoms with Crippen LogP contribution < -0.4 is 0 Å². The molecule has 2 aromatic rings. The highest BCUT2D eigenvalue weighted by Crippen LogP contribution is 2.39. The molecule has 2 atom stereocenters. The SMILES string of the molecule is Cc1ccc(C(=O)N2CCC[C@@]3(C[C@@H](n4ccnc4)CO3)C2)o1. The van der Waals surface area contributed by atoms with E-state index < -0.39 is 0 Å². The first-order valence-electron chi connectivity index (χ1n) is 8.12. The number of imidazole rings is 1. The van der Waals surface area contributed by atoms with Crippen molar-refractivity contribution in [1.82, 2.24) is 14.5 Å². The summed E-state index contributed by atoms with van der Waals surface area (Å²) < 4.78 is 13.8. The minimum Gasteiger partial charge on any atom is -0.456 e. The van der Waals surface area contributed by atoms with Gasteiger partial charge in [-0.25, -0.2) is 4.98 Å². The van der Waals surface area contributed by atoms with Crippen molar-refractivity contribution in [2.24, 2.45) is 0 Å². The third-order valence-corrected chi connectivity index (χ3v) is 4.91. The molecule has 1 amide bonds. The zero-order valence-electron chi connectivity index (χ0n) is 13.3. The van der Waals surface area contributed by atoms with Gasteiger partial charge < -0.3 is 18.6 Å². The number of amides is 1. The molecule has 0 aromatic carbocycles. The summed E-state index contributed by atoms with van der Waals surface area (Å²) in [5, 5.41) is 0. The third-order valence-electron chi connectivity index (χ3n) is 4.91. The van der Waals surface area contributed by atoms with Gasteiger partial charge in [0.2, 0.25) is 0 Å². The zero-order valence-corrected chi connectivity index (χ0v) is 13.3. The molecule has 122 valence electrons. The standard InChI is InChI=1S/C17H21N3O3/c1-13-3-4-15(23-13)16(21)19-7-2-5-17(11-19)9-14(10-22-17)20-8-6-18-12-20/h3-4,6,8,12,14H,2,5,7,9-11H2,1H3/t14-,17-/m1/s1. The number of aryl methyl sites for hydroxylation is 1. The van der Waals surface area contributed by atoms with E-state index >= 15 is 0 Å². The number of likely N-dealkylation sites (tertiary alicyclic amines) is 1. The number of nitrogens with zero attached hydrogens (tertiary/aromatic N) is 3. The van der Waals surface area contributed by atoms with Crippen LogP contribution in [0.4, 0.5) is 0 Å². The molecule has 2 aromatic heterocycles. The highest BCUT2D eigenvalue weighted by Gasteiger charge is 2.45. The molecule has 0 unspecified atom stereocenters. The maximum atomic E-state index is 12.6. The fourth-order valence-corrected chi connectivity index (χ4v) is 3.76. The van der Waals surface area contributed by atoms with Gasteiger partial charge in [0.15, 0.2) is 5.76 Å². The van der Waals surface area contributed by atoms with E-state index in [0.29, 0.717) is 25.0 Å². The average Bonchev–Trinajstić information content (AvgIpc) is 3.28. The molecule has 0 aliphatic carbocycles. The fourth-order valence-electron chi connectivity index (χ4n) is 3.76. The first-order valence-corrected chi connectivity index (χ1v) is 8.12. The van der Waals surface area contributed by atoms with Gasteiger partial charge in [0.1, 0.15) is 5.76 Å². The van der Waals surface area contributed by atoms with E-state index in [4.69, 9.17) is 9.15 Å². The number of aromatic nitrogens is 2. The molecule has 4 heterocycles. The Kier molecular flexibility index (Phi) is 3.49. The topological polar surface area (TPSA) is 60.5 Å². The Balaban J connectivity index is 1.48. The van der Waals surface area contributed by atoms with Crippen LogP contribution in [0, 0.1) is 6.92 Å². The molecule has 6 nitrogen and oxygen atoms in total. The summed E-state index contributed by atoms with van der Waals surface area (Å²) in [5.74, 6) is 1.15. The van der Waals surface area contributed by atoms with Crippen molar-refractivity contribution in [3.8, 4) is 0 Å². The van der Waals surface area contributed by atoms with Gasteiger partial charge in [-0.05, 0) is 31.9 Å². The van der Waals surface area contributed by atoms with Crippen LogP contribution in [0.1, 0.15) is 41.6 Å². The molecule has 0 bridgehead atoms. The summed E-state index contributed by atoms with van der Waals surface area (Å²) in [6, 6.07) is 3.88. The predicted octanol–water partition coefficient (Wildman–Crippen LogP) is 2.42. The Hall–Kier alpha value is -2.08. The largest absolute Gasteiger partial charge is 0.456 e. The summed E-state index contributed by atoms with van der Waals surface area (Å²) in [6.07, 6.45) is 8.49. The highest BCUT2D eigenvalue weighted by atomic mass is 16.5. The van der Waals surface area contributed by atoms with Gasteiger partial charge in [-0.15, -0.1) is 0 Å². The number of carbonyl (C=O) groups is 1. The number of furan rings is 1. The van der Waals surface area contributed by atoms with Gasteiger partial charge in [0, 0.05) is 25.4 Å². The quantitative estimate of drug-likeness (QED) is 0.854. The van der Waals surface area contributed by atoms with Crippen LogP contribution in [-0.2, 0) is 4.74 Å². The second kappa shape index (κ2) is 5.53. The van der Waals surface area contributed by atoms with Crippen molar-refractivity contribution in [2.75, 3.05) is 19.7 Å². The molecular weight excluding hydrogens is 294 g/mol. The second-order valence-corrected chi connectivity index (χ2v) is 6.60. The van der Waals surface area contributed by atoms with Crippen LogP contribution in [0.2, 0.25) is 0 Å². The average molecular weight is 315 g/mol. The molecule has 6 heteroatoms. The summed E-state index contributed by atoms with van der Waals surface area (Å²) in [7, 11) is 0. The second-order valence-electron chi connectivity index (χ2n) is 6.60. The summed E-state index contributed by atoms with van der Waals surface area (Å²) in [6.45, 7) is 3.93. The Bertz CT molecular complexity index is 694. The molecular formula is C17H21N3O3. The summed E-state index contributed by atoms with van der Waals surface area (Å²) >= 11 is 0. The van der Waals surface area contributed by atoms with Gasteiger partial charge in [-0.3, -0.25) is 4.79 Å². The van der Waals surface area contributed by atoms with Crippen molar-refractivity contribution >= 4 is 5.91 Å². The number of hydrogen-bond donors (Lipinski definition) is 0. The Morgan fingerprint density at radius 2 is 2.35 bits per heavy atom. The lowest BCUT2D eigenvalue weighted by Gasteiger charge is -2.39. The molecule has 0 radical (unpaired) electrons. The minimum absolute atomic E-state index is 0.0353. The van der Waals surface area contributed by atoms with E-state index in [1.54, 1.807) is 12.3 Å². The number of ether oxygens (including phenoxy) is 1. The molecule has 4 rings (SSSR count). The first kappa shape index (κ1) is 14.5. The van der Waals surface area contributed by atoms with Crippen LogP contribution >= 0.6 is 0 Å². The molecule has 2 aliphatic rings. The van der Waals surface area contributed by atoms with Gasteiger partial charge >= 0.3 is 0 Å². The minimum atomic E-state index is -0.232. The lowest BCUT2D eigenvalue weighted by atomic mass is 9.88. The van der Waals surface area contributed by atoms with E-state index in [9.17, 15) is 4.79 Å². The molecule has 0 saturated carbocycles. The van der Waals surface area contributed by atoms with Crippen LogP contribution in [0.5, 0.6) is 0 Å². The molecule has 2 aliphatic heterocycles. The van der Waals surface area contributed by atoms with Crippen LogP contribution in [0.3, 0.4) is 0 Å². The Morgan fingerprint density at radius 1 is 1.43 bits per heavy atom. The maximum absolute atomic E-state index is 12.6. The van der Waals surface area contributed by atoms with Crippen LogP contribution in [0.25, 0.3) is 0 Å². The first-order chi connectivity index (χ1) is 11.2. The maximum Gasteiger partial charge on any atom is 0.289 e. The molecule has 23 heavy (non-hydrogen) atoms. The van der Waals surface area contributed by atoms with E-state index in [1.165, 1.54) is 0 Å². The van der Waals surface area contributed by atoms with Crippen LogP contribution in [0.15, 0.2) is 35.3 Å². The number of hydrogen-bond acceptors (Lipinski definition) is 4. The van der Waals surface area contributed by atoms with Crippen LogP contribution in [-0.4, -0.2) is 45.7 Å². The fraction of sp³-hybridized carbons (Fsp3) is 0.529. The molecule has 1 spiro atoms. The van der Waals surface area contributed by atoms with Crippen molar-refractivity contribution in [3.05, 3.63) is 42.4 Å². The predicted molar refractivity (Wildman–Crippen MR) is 83.1 cm³/mol. The molecule has 2 fully saturated rings. The highest BCUT2D eigenvalue weighted by molar-refractivity contribution is 5.91. The van der Waals surface area contributed by atoms with Gasteiger partial charge in [-0.2, -0.15) is 0 Å². The Morgan fingerprint density at radius 3 is 3.09 bits per heavy atom. The third kappa shape index (κ3) is 2.67. The van der Waals surface area contributed by atoms with E-state index in [0.717, 1.165) is 31.6 Å². The Labute approximate surface area is 135 Å². The summed E-state index contributed by atoms with van der Waals surface area (Å²) in [5.41, 5.74) is -0.232. The molecule has 2 saturated heterocycles. The van der Waals surface area contributed by atoms with Crippen molar-refractivity contribution < 1.29 is 13.9 Å². The van der Waals surface area contributed by atoms with Gasteiger partial charge in [0.25, 0.3) is 5.91 Å². The smallest absolute Gasteiger partial charge is 0.289 e. The number of rotatable bonds is 2. The van der Waals surface area contributed by atoms with Crippen molar-refractivity contribution in [3.63, 3.8) is 0 Å². The zero-order chi connectivity index (χ0) is 15.9. The van der Waals surface area contributed by atoms with E-state index in [-0.39, 0.29) is 11.5 Å². The normalized spacial score (nSPS) is 27.7. The molecule has 0 N–H and O–H groups in total. The number of piperidine rings is 1. The monoisotopic (exact) mass is 315 g/mol.